The number of carbonyl (C=O) groups excluding carboxylic acids is 3. The molecule has 0 saturated carbocycles. The van der Waals surface area contributed by atoms with Crippen LogP contribution in [0.15, 0.2) is 237 Å². The Hall–Kier alpha value is -11.9. The van der Waals surface area contributed by atoms with E-state index in [1.165, 1.54) is 11.1 Å². The number of H-pyrrole nitrogens is 3. The number of piperazine rings is 1. The Morgan fingerprint density at radius 2 is 0.792 bits per heavy atom. The van der Waals surface area contributed by atoms with Crippen LogP contribution in [-0.4, -0.2) is 90.1 Å². The van der Waals surface area contributed by atoms with Crippen LogP contribution >= 0.6 is 23.2 Å². The number of anilines is 3. The van der Waals surface area contributed by atoms with Gasteiger partial charge in [0, 0.05) is 120 Å². The van der Waals surface area contributed by atoms with Gasteiger partial charge in [-0.3, -0.25) is 19.3 Å². The molecule has 15 aromatic rings. The van der Waals surface area contributed by atoms with Crippen molar-refractivity contribution < 1.29 is 28.6 Å². The van der Waals surface area contributed by atoms with Crippen LogP contribution in [0.25, 0.3) is 65.4 Å². The molecule has 6 aromatic heterocycles. The van der Waals surface area contributed by atoms with Crippen LogP contribution < -0.4 is 30.2 Å². The van der Waals surface area contributed by atoms with Crippen LogP contribution in [0.1, 0.15) is 60.3 Å². The van der Waals surface area contributed by atoms with Crippen molar-refractivity contribution in [2.45, 2.75) is 34.2 Å². The summed E-state index contributed by atoms with van der Waals surface area (Å²) in [6.07, 6.45) is 7.13. The summed E-state index contributed by atoms with van der Waals surface area (Å²) < 4.78 is 18.8. The SMILES string of the molecule is CCN1CCN(Cc2ccc(NC(=O)c3cccc4c(Oc5cc(Cl)nc6[nH]ccc56)cccc34)cc2C)CC1.Cc1cccc(NC(=O)c2cccc3c(Oc4cc(Cl)nc5[nH]ccc45)cccc23)c1.Cc1cccc(NC(=O)c2cccc3c(Oc4ccnc5[nH]ccc45)cccc23)c1. The molecule has 0 aliphatic carbocycles. The number of carbonyl (C=O) groups is 3. The van der Waals surface area contributed by atoms with E-state index >= 15 is 0 Å². The highest BCUT2D eigenvalue weighted by Gasteiger charge is 2.21. The molecule has 19 heteroatoms. The van der Waals surface area contributed by atoms with Gasteiger partial charge in [-0.1, -0.05) is 133 Å². The maximum atomic E-state index is 13.5. The zero-order valence-electron chi connectivity index (χ0n) is 55.7. The number of hydrogen-bond donors (Lipinski definition) is 6. The van der Waals surface area contributed by atoms with E-state index in [1.807, 2.05) is 208 Å². The molecular weight excluding hydrogens is 1310 g/mol. The highest BCUT2D eigenvalue weighted by molar-refractivity contribution is 6.30. The van der Waals surface area contributed by atoms with E-state index in [1.54, 1.807) is 30.7 Å². The van der Waals surface area contributed by atoms with E-state index < -0.39 is 0 Å². The van der Waals surface area contributed by atoms with Crippen LogP contribution in [0.3, 0.4) is 0 Å². The molecule has 1 aliphatic rings. The molecule has 0 atom stereocenters. The molecule has 0 unspecified atom stereocenters. The standard InChI is InChI=1S/C32H32ClN5O2.C25H18ClN3O2.C25H19N3O2/c1-3-37-14-16-38(17-15-37)20-22-10-11-23(18-21(22)2)35-32(39)26-8-4-7-25-24(26)6-5-9-28(25)40-29-19-30(33)36-31-27(29)12-13-34-31;1-15-5-2-6-16(13-15)28-25(30)19-9-3-8-18-17(19)7-4-10-21(18)31-22-14-23(26)29-24-20(22)11-12-27-24;1-16-5-2-6-17(15-16)28-25(29)20-9-3-8-19-18(20)7-4-10-22(19)30-23-12-14-27-24-21(23)11-13-26-24/h4-13,18-19H,3,14-17,20H2,1-2H3,(H,34,36)(H,35,39);2-14H,1H3,(H,27,29)(H,28,30);2-15H,1H3,(H,26,27)(H,28,29). The number of nitrogens with zero attached hydrogens (tertiary/aromatic N) is 5. The average molecular weight is 1380 g/mol. The minimum Gasteiger partial charge on any atom is -0.456 e. The van der Waals surface area contributed by atoms with Crippen LogP contribution in [0.5, 0.6) is 34.5 Å². The summed E-state index contributed by atoms with van der Waals surface area (Å²) in [5, 5.41) is 17.3. The zero-order chi connectivity index (χ0) is 69.5. The third kappa shape index (κ3) is 15.0. The number of amides is 3. The lowest BCUT2D eigenvalue weighted by atomic mass is 10.0. The summed E-state index contributed by atoms with van der Waals surface area (Å²) in [6.45, 7) is 14.8. The van der Waals surface area contributed by atoms with Crippen molar-refractivity contribution in [2.75, 3.05) is 48.7 Å². The van der Waals surface area contributed by atoms with Crippen LogP contribution in [0, 0.1) is 20.8 Å². The molecule has 101 heavy (non-hydrogen) atoms. The molecular formula is C82H69Cl2N11O6. The van der Waals surface area contributed by atoms with Gasteiger partial charge >= 0.3 is 0 Å². The Morgan fingerprint density at radius 1 is 0.406 bits per heavy atom. The number of likely N-dealkylation sites (N-methyl/N-ethyl adjacent to an activating group) is 1. The first-order valence-corrected chi connectivity index (χ1v) is 33.9. The van der Waals surface area contributed by atoms with Gasteiger partial charge in [0.15, 0.2) is 0 Å². The van der Waals surface area contributed by atoms with Crippen molar-refractivity contribution in [1.29, 1.82) is 0 Å². The van der Waals surface area contributed by atoms with E-state index in [0.29, 0.717) is 72.8 Å². The van der Waals surface area contributed by atoms with Crippen molar-refractivity contribution in [3.8, 4) is 34.5 Å². The number of aromatic amines is 3. The van der Waals surface area contributed by atoms with Crippen molar-refractivity contribution in [3.63, 3.8) is 0 Å². The normalized spacial score (nSPS) is 12.4. The number of rotatable bonds is 15. The van der Waals surface area contributed by atoms with Gasteiger partial charge in [-0.25, -0.2) is 15.0 Å². The molecule has 0 bridgehead atoms. The van der Waals surface area contributed by atoms with Gasteiger partial charge in [-0.15, -0.1) is 0 Å². The van der Waals surface area contributed by atoms with Gasteiger partial charge in [-0.2, -0.15) is 0 Å². The number of hydrogen-bond acceptors (Lipinski definition) is 11. The average Bonchev–Trinajstić information content (AvgIpc) is 1.47. The molecule has 0 spiro atoms. The number of nitrogens with one attached hydrogen (secondary N) is 6. The Labute approximate surface area is 592 Å². The van der Waals surface area contributed by atoms with Crippen molar-refractivity contribution in [3.05, 3.63) is 286 Å². The number of halogens is 2. The first-order valence-electron chi connectivity index (χ1n) is 33.2. The van der Waals surface area contributed by atoms with Crippen molar-refractivity contribution in [2.24, 2.45) is 0 Å². The van der Waals surface area contributed by atoms with Gasteiger partial charge in [-0.05, 0) is 163 Å². The molecule has 3 amide bonds. The highest BCUT2D eigenvalue weighted by Crippen LogP contribution is 2.40. The monoisotopic (exact) mass is 1370 g/mol. The molecule has 0 radical (unpaired) electrons. The molecule has 6 N–H and O–H groups in total. The molecule has 9 aromatic carbocycles. The summed E-state index contributed by atoms with van der Waals surface area (Å²) in [7, 11) is 0. The molecule has 1 saturated heterocycles. The maximum absolute atomic E-state index is 13.5. The maximum Gasteiger partial charge on any atom is 0.256 e. The fourth-order valence-corrected chi connectivity index (χ4v) is 13.1. The molecule has 502 valence electrons. The third-order valence-electron chi connectivity index (χ3n) is 17.8. The fourth-order valence-electron chi connectivity index (χ4n) is 12.7. The first kappa shape index (κ1) is 66.4. The predicted molar refractivity (Wildman–Crippen MR) is 405 cm³/mol. The molecule has 7 heterocycles. The Morgan fingerprint density at radius 3 is 1.24 bits per heavy atom. The van der Waals surface area contributed by atoms with E-state index in [9.17, 15) is 14.4 Å². The second-order valence-electron chi connectivity index (χ2n) is 24.6. The van der Waals surface area contributed by atoms with Crippen LogP contribution in [-0.2, 0) is 6.54 Å². The summed E-state index contributed by atoms with van der Waals surface area (Å²) in [5.41, 5.74) is 10.8. The summed E-state index contributed by atoms with van der Waals surface area (Å²) in [4.78, 5) is 66.5. The second kappa shape index (κ2) is 29.7. The number of benzene rings is 9. The Balaban J connectivity index is 0.000000130. The predicted octanol–water partition coefficient (Wildman–Crippen LogP) is 19.7. The zero-order valence-corrected chi connectivity index (χ0v) is 57.2. The number of fused-ring (bicyclic) bond motifs is 6. The van der Waals surface area contributed by atoms with Crippen LogP contribution in [0.4, 0.5) is 17.1 Å². The molecule has 16 rings (SSSR count). The third-order valence-corrected chi connectivity index (χ3v) is 18.2. The van der Waals surface area contributed by atoms with Gasteiger partial charge in [0.2, 0.25) is 0 Å². The molecule has 1 aliphatic heterocycles. The minimum absolute atomic E-state index is 0.153. The smallest absolute Gasteiger partial charge is 0.256 e. The van der Waals surface area contributed by atoms with Gasteiger partial charge in [0.1, 0.15) is 61.7 Å². The lowest BCUT2D eigenvalue weighted by molar-refractivity contribution is 0.102. The fraction of sp³-hybridized carbons (Fsp3) is 0.122. The summed E-state index contributed by atoms with van der Waals surface area (Å²) in [5.74, 6) is 3.37. The lowest BCUT2D eigenvalue weighted by Gasteiger charge is -2.34. The highest BCUT2D eigenvalue weighted by atomic mass is 35.5. The largest absolute Gasteiger partial charge is 0.456 e. The Bertz CT molecular complexity index is 5610. The van der Waals surface area contributed by atoms with Gasteiger partial charge in [0.25, 0.3) is 17.7 Å². The summed E-state index contributed by atoms with van der Waals surface area (Å²) >= 11 is 12.4. The topological polar surface area (TPSA) is 208 Å². The molecule has 1 fully saturated rings. The van der Waals surface area contributed by atoms with E-state index in [-0.39, 0.29) is 17.7 Å². The number of ether oxygens (including phenoxy) is 3. The lowest BCUT2D eigenvalue weighted by Crippen LogP contribution is -2.45. The Kier molecular flexibility index (Phi) is 19.5. The second-order valence-corrected chi connectivity index (χ2v) is 25.4. The van der Waals surface area contributed by atoms with Gasteiger partial charge in [0.05, 0.1) is 16.2 Å². The van der Waals surface area contributed by atoms with Crippen LogP contribution in [0.2, 0.25) is 10.3 Å². The number of aryl methyl sites for hydroxylation is 3. The first-order chi connectivity index (χ1) is 49.2. The van der Waals surface area contributed by atoms with Crippen molar-refractivity contribution in [1.82, 2.24) is 39.7 Å². The van der Waals surface area contributed by atoms with E-state index in [2.05, 4.69) is 81.6 Å². The molecule has 17 nitrogen and oxygen atoms in total. The van der Waals surface area contributed by atoms with E-state index in [0.717, 1.165) is 122 Å². The van der Waals surface area contributed by atoms with Crippen molar-refractivity contribution >= 4 is 123 Å². The summed E-state index contributed by atoms with van der Waals surface area (Å²) in [6, 6.07) is 66.7. The van der Waals surface area contributed by atoms with Gasteiger partial charge < -0.3 is 50.0 Å². The number of pyridine rings is 3. The van der Waals surface area contributed by atoms with E-state index in [4.69, 9.17) is 37.4 Å². The number of aromatic nitrogens is 6. The minimum atomic E-state index is -0.173. The quantitative estimate of drug-likeness (QED) is 0.0532.